The summed E-state index contributed by atoms with van der Waals surface area (Å²) in [5.41, 5.74) is 2.73. The van der Waals surface area contributed by atoms with Crippen molar-refractivity contribution in [1.82, 2.24) is 4.98 Å². The molecule has 0 saturated carbocycles. The Morgan fingerprint density at radius 2 is 2.04 bits per heavy atom. The number of carbonyl (C=O) groups excluding carboxylic acids is 1. The molecule has 23 heavy (non-hydrogen) atoms. The highest BCUT2D eigenvalue weighted by atomic mass is 32.1. The van der Waals surface area contributed by atoms with E-state index in [-0.39, 0.29) is 5.57 Å². The number of benzene rings is 1. The lowest BCUT2D eigenvalue weighted by Crippen LogP contribution is -2.14. The second-order valence-corrected chi connectivity index (χ2v) is 6.20. The minimum absolute atomic E-state index is 0.00853. The van der Waals surface area contributed by atoms with Crippen molar-refractivity contribution in [3.05, 3.63) is 52.7 Å². The van der Waals surface area contributed by atoms with Crippen molar-refractivity contribution >= 4 is 28.1 Å². The van der Waals surface area contributed by atoms with Gasteiger partial charge >= 0.3 is 0 Å². The standard InChI is InChI=1S/C17H18N4OS/c1-11(2)13-4-6-15(7-5-13)21-16(22)14(8-18)9-19-17-20-12(3)10-23-17/h4-7,9-11H,1-3H3,(H,19,20)(H,21,22)/b14-9-. The van der Waals surface area contributed by atoms with Gasteiger partial charge in [-0.15, -0.1) is 11.3 Å². The molecule has 1 aromatic carbocycles. The summed E-state index contributed by atoms with van der Waals surface area (Å²) in [6.07, 6.45) is 1.37. The summed E-state index contributed by atoms with van der Waals surface area (Å²) in [5.74, 6) is -0.0224. The Morgan fingerprint density at radius 1 is 1.35 bits per heavy atom. The zero-order valence-electron chi connectivity index (χ0n) is 13.3. The zero-order valence-corrected chi connectivity index (χ0v) is 14.1. The molecule has 0 saturated heterocycles. The summed E-state index contributed by atoms with van der Waals surface area (Å²) in [5, 5.41) is 17.3. The molecule has 118 valence electrons. The van der Waals surface area contributed by atoms with E-state index in [1.165, 1.54) is 23.1 Å². The van der Waals surface area contributed by atoms with Crippen LogP contribution in [0.15, 0.2) is 41.4 Å². The number of nitrogens with zero attached hydrogens (tertiary/aromatic N) is 2. The quantitative estimate of drug-likeness (QED) is 0.642. The van der Waals surface area contributed by atoms with Gasteiger partial charge in [0.25, 0.3) is 5.91 Å². The van der Waals surface area contributed by atoms with Crippen molar-refractivity contribution in [2.75, 3.05) is 10.6 Å². The monoisotopic (exact) mass is 326 g/mol. The molecule has 1 heterocycles. The van der Waals surface area contributed by atoms with Crippen LogP contribution in [0.5, 0.6) is 0 Å². The van der Waals surface area contributed by atoms with Crippen LogP contribution >= 0.6 is 11.3 Å². The van der Waals surface area contributed by atoms with Crippen LogP contribution in [0.4, 0.5) is 10.8 Å². The van der Waals surface area contributed by atoms with Gasteiger partial charge in [-0.1, -0.05) is 26.0 Å². The maximum atomic E-state index is 12.1. The predicted molar refractivity (Wildman–Crippen MR) is 93.3 cm³/mol. The molecule has 6 heteroatoms. The van der Waals surface area contributed by atoms with Gasteiger partial charge in [-0.25, -0.2) is 4.98 Å². The van der Waals surface area contributed by atoms with Gasteiger partial charge in [0.05, 0.1) is 5.69 Å². The van der Waals surface area contributed by atoms with E-state index in [0.717, 1.165) is 5.69 Å². The maximum absolute atomic E-state index is 12.1. The van der Waals surface area contributed by atoms with Crippen molar-refractivity contribution in [2.24, 2.45) is 0 Å². The first kappa shape index (κ1) is 16.7. The van der Waals surface area contributed by atoms with E-state index in [4.69, 9.17) is 5.26 Å². The van der Waals surface area contributed by atoms with E-state index in [1.54, 1.807) is 0 Å². The molecular weight excluding hydrogens is 308 g/mol. The van der Waals surface area contributed by atoms with Gasteiger partial charge in [-0.2, -0.15) is 5.26 Å². The van der Waals surface area contributed by atoms with Gasteiger partial charge in [-0.3, -0.25) is 4.79 Å². The summed E-state index contributed by atoms with van der Waals surface area (Å²) in [4.78, 5) is 16.3. The number of nitrogens with one attached hydrogen (secondary N) is 2. The van der Waals surface area contributed by atoms with E-state index in [1.807, 2.05) is 42.6 Å². The topological polar surface area (TPSA) is 77.8 Å². The van der Waals surface area contributed by atoms with Crippen molar-refractivity contribution in [2.45, 2.75) is 26.7 Å². The number of nitriles is 1. The van der Waals surface area contributed by atoms with Gasteiger partial charge in [0.15, 0.2) is 5.13 Å². The third-order valence-electron chi connectivity index (χ3n) is 3.16. The number of carbonyl (C=O) groups is 1. The number of hydrogen-bond donors (Lipinski definition) is 2. The summed E-state index contributed by atoms with van der Waals surface area (Å²) in [6.45, 7) is 6.09. The van der Waals surface area contributed by atoms with Crippen LogP contribution < -0.4 is 10.6 Å². The number of amides is 1. The molecule has 0 aliphatic rings. The molecule has 5 nitrogen and oxygen atoms in total. The van der Waals surface area contributed by atoms with Crippen molar-refractivity contribution in [3.8, 4) is 6.07 Å². The van der Waals surface area contributed by atoms with Gasteiger partial charge in [0, 0.05) is 17.3 Å². The molecule has 1 aromatic heterocycles. The normalized spacial score (nSPS) is 11.2. The molecule has 0 unspecified atom stereocenters. The van der Waals surface area contributed by atoms with Crippen LogP contribution in [-0.4, -0.2) is 10.9 Å². The summed E-state index contributed by atoms with van der Waals surface area (Å²) >= 11 is 1.41. The SMILES string of the molecule is Cc1csc(N/C=C(/C#N)C(=O)Nc2ccc(C(C)C)cc2)n1. The number of aryl methyl sites for hydroxylation is 1. The Balaban J connectivity index is 2.03. The Labute approximate surface area is 139 Å². The molecule has 0 radical (unpaired) electrons. The number of anilines is 2. The molecule has 0 atom stereocenters. The average Bonchev–Trinajstić information content (AvgIpc) is 2.94. The second kappa shape index (κ2) is 7.56. The smallest absolute Gasteiger partial charge is 0.267 e. The van der Waals surface area contributed by atoms with E-state index in [9.17, 15) is 4.79 Å². The van der Waals surface area contributed by atoms with Gasteiger partial charge in [-0.05, 0) is 30.5 Å². The molecule has 0 bridgehead atoms. The first-order valence-electron chi connectivity index (χ1n) is 7.20. The number of hydrogen-bond acceptors (Lipinski definition) is 5. The zero-order chi connectivity index (χ0) is 16.8. The van der Waals surface area contributed by atoms with E-state index >= 15 is 0 Å². The van der Waals surface area contributed by atoms with Crippen molar-refractivity contribution in [3.63, 3.8) is 0 Å². The van der Waals surface area contributed by atoms with Gasteiger partial charge < -0.3 is 10.6 Å². The highest BCUT2D eigenvalue weighted by Crippen LogP contribution is 2.18. The third kappa shape index (κ3) is 4.66. The predicted octanol–water partition coefficient (Wildman–Crippen LogP) is 4.03. The van der Waals surface area contributed by atoms with Crippen molar-refractivity contribution in [1.29, 1.82) is 5.26 Å². The minimum Gasteiger partial charge on any atom is -0.337 e. The first-order valence-corrected chi connectivity index (χ1v) is 8.08. The molecule has 2 aromatic rings. The molecule has 0 aliphatic heterocycles. The van der Waals surface area contributed by atoms with Crippen LogP contribution in [0.1, 0.15) is 31.0 Å². The van der Waals surface area contributed by atoms with Crippen LogP contribution in [-0.2, 0) is 4.79 Å². The van der Waals surface area contributed by atoms with Crippen LogP contribution in [0.2, 0.25) is 0 Å². The fourth-order valence-corrected chi connectivity index (χ4v) is 2.51. The van der Waals surface area contributed by atoms with E-state index in [0.29, 0.717) is 16.7 Å². The molecule has 1 amide bonds. The van der Waals surface area contributed by atoms with Crippen LogP contribution in [0.3, 0.4) is 0 Å². The minimum atomic E-state index is -0.453. The number of aromatic nitrogens is 1. The Bertz CT molecular complexity index is 754. The molecule has 2 rings (SSSR count). The van der Waals surface area contributed by atoms with Crippen LogP contribution in [0, 0.1) is 18.3 Å². The lowest BCUT2D eigenvalue weighted by molar-refractivity contribution is -0.112. The number of thiazole rings is 1. The van der Waals surface area contributed by atoms with Crippen molar-refractivity contribution < 1.29 is 4.79 Å². The molecule has 0 spiro atoms. The fraction of sp³-hybridized carbons (Fsp3) is 0.235. The average molecular weight is 326 g/mol. The van der Waals surface area contributed by atoms with Crippen LogP contribution in [0.25, 0.3) is 0 Å². The van der Waals surface area contributed by atoms with E-state index in [2.05, 4.69) is 29.5 Å². The Morgan fingerprint density at radius 3 is 2.57 bits per heavy atom. The Kier molecular flexibility index (Phi) is 5.50. The lowest BCUT2D eigenvalue weighted by atomic mass is 10.0. The third-order valence-corrected chi connectivity index (χ3v) is 4.05. The lowest BCUT2D eigenvalue weighted by Gasteiger charge is -2.08. The maximum Gasteiger partial charge on any atom is 0.267 e. The molecule has 2 N–H and O–H groups in total. The second-order valence-electron chi connectivity index (χ2n) is 5.34. The number of rotatable bonds is 5. The van der Waals surface area contributed by atoms with Gasteiger partial charge in [0.1, 0.15) is 11.6 Å². The molecule has 0 aliphatic carbocycles. The molecular formula is C17H18N4OS. The summed E-state index contributed by atoms with van der Waals surface area (Å²) in [6, 6.07) is 9.49. The molecule has 0 fully saturated rings. The Hall–Kier alpha value is -2.65. The summed E-state index contributed by atoms with van der Waals surface area (Å²) < 4.78 is 0. The summed E-state index contributed by atoms with van der Waals surface area (Å²) in [7, 11) is 0. The largest absolute Gasteiger partial charge is 0.337 e. The first-order chi connectivity index (χ1) is 11.0. The van der Waals surface area contributed by atoms with Gasteiger partial charge in [0.2, 0.25) is 0 Å². The fourth-order valence-electron chi connectivity index (χ4n) is 1.85. The highest BCUT2D eigenvalue weighted by Gasteiger charge is 2.10. The highest BCUT2D eigenvalue weighted by molar-refractivity contribution is 7.13. The van der Waals surface area contributed by atoms with E-state index < -0.39 is 5.91 Å².